The summed E-state index contributed by atoms with van der Waals surface area (Å²) in [5, 5.41) is 2.53. The minimum Gasteiger partial charge on any atom is -0.497 e. The number of likely N-dealkylation sites (tertiary alicyclic amines) is 1. The van der Waals surface area contributed by atoms with Gasteiger partial charge in [-0.25, -0.2) is 4.79 Å². The number of primary amides is 1. The molecule has 0 unspecified atom stereocenters. The lowest BCUT2D eigenvalue weighted by molar-refractivity contribution is 0.0681. The number of nitrogens with two attached hydrogens (primary N) is 1. The number of nitrogens with zero attached hydrogens (tertiary/aromatic N) is 1. The molecule has 0 saturated carbocycles. The zero-order valence-electron chi connectivity index (χ0n) is 15.5. The van der Waals surface area contributed by atoms with Crippen molar-refractivity contribution in [2.24, 2.45) is 5.73 Å². The number of amides is 3. The van der Waals surface area contributed by atoms with Gasteiger partial charge in [-0.05, 0) is 48.7 Å². The molecule has 2 aromatic rings. The van der Waals surface area contributed by atoms with Gasteiger partial charge in [-0.2, -0.15) is 0 Å². The van der Waals surface area contributed by atoms with Crippen LogP contribution >= 0.6 is 0 Å². The molecule has 3 N–H and O–H groups in total. The topological polar surface area (TPSA) is 84.7 Å². The zero-order valence-corrected chi connectivity index (χ0v) is 15.5. The standard InChI is InChI=1S/C21H25N3O3/c1-27-18-11-9-15(10-12-18)19-8-3-2-4-13-24(19)20(25)16-6-5-7-17(14-16)23-21(22)26/h5-7,9-12,14,19H,2-4,8,13H2,1H3,(H3,22,23,26)/t19-/m0/s1. The van der Waals surface area contributed by atoms with Crippen molar-refractivity contribution in [1.82, 2.24) is 4.90 Å². The second-order valence-electron chi connectivity index (χ2n) is 6.71. The second-order valence-corrected chi connectivity index (χ2v) is 6.71. The molecule has 1 saturated heterocycles. The van der Waals surface area contributed by atoms with Crippen LogP contribution < -0.4 is 15.8 Å². The lowest BCUT2D eigenvalue weighted by Crippen LogP contribution is -2.35. The van der Waals surface area contributed by atoms with Gasteiger partial charge < -0.3 is 20.7 Å². The average molecular weight is 367 g/mol. The number of rotatable bonds is 4. The first-order chi connectivity index (χ1) is 13.1. The molecule has 1 fully saturated rings. The van der Waals surface area contributed by atoms with E-state index in [1.165, 1.54) is 0 Å². The number of methoxy groups -OCH3 is 1. The highest BCUT2D eigenvalue weighted by Crippen LogP contribution is 2.32. The summed E-state index contributed by atoms with van der Waals surface area (Å²) in [7, 11) is 1.64. The lowest BCUT2D eigenvalue weighted by atomic mass is 10.00. The van der Waals surface area contributed by atoms with Crippen LogP contribution in [0.25, 0.3) is 0 Å². The van der Waals surface area contributed by atoms with Crippen LogP contribution in [0.2, 0.25) is 0 Å². The Morgan fingerprint density at radius 1 is 1.11 bits per heavy atom. The van der Waals surface area contributed by atoms with Crippen LogP contribution in [0.5, 0.6) is 5.75 Å². The normalized spacial score (nSPS) is 17.1. The molecule has 3 rings (SSSR count). The molecule has 6 heteroatoms. The number of carbonyl (C=O) groups is 2. The molecule has 1 aliphatic heterocycles. The van der Waals surface area contributed by atoms with Gasteiger partial charge in [0, 0.05) is 17.8 Å². The van der Waals surface area contributed by atoms with Gasteiger partial charge in [-0.3, -0.25) is 4.79 Å². The van der Waals surface area contributed by atoms with E-state index in [2.05, 4.69) is 5.32 Å². The van der Waals surface area contributed by atoms with Crippen molar-refractivity contribution in [2.45, 2.75) is 31.7 Å². The number of anilines is 1. The molecule has 0 radical (unpaired) electrons. The summed E-state index contributed by atoms with van der Waals surface area (Å²) in [6.07, 6.45) is 4.11. The Labute approximate surface area is 159 Å². The van der Waals surface area contributed by atoms with Crippen molar-refractivity contribution in [1.29, 1.82) is 0 Å². The van der Waals surface area contributed by atoms with E-state index in [1.54, 1.807) is 31.4 Å². The summed E-state index contributed by atoms with van der Waals surface area (Å²) in [6.45, 7) is 0.711. The first-order valence-electron chi connectivity index (χ1n) is 9.20. The van der Waals surface area contributed by atoms with Crippen molar-refractivity contribution < 1.29 is 14.3 Å². The summed E-state index contributed by atoms with van der Waals surface area (Å²) in [5.74, 6) is 0.765. The molecule has 2 aromatic carbocycles. The quantitative estimate of drug-likeness (QED) is 0.858. The predicted octanol–water partition coefficient (Wildman–Crippen LogP) is 3.94. The average Bonchev–Trinajstić information content (AvgIpc) is 2.93. The number of urea groups is 1. The molecule has 6 nitrogen and oxygen atoms in total. The summed E-state index contributed by atoms with van der Waals surface area (Å²) >= 11 is 0. The Bertz CT molecular complexity index is 805. The summed E-state index contributed by atoms with van der Waals surface area (Å²) in [6, 6.07) is 14.2. The van der Waals surface area contributed by atoms with Gasteiger partial charge in [0.2, 0.25) is 0 Å². The minimum atomic E-state index is -0.648. The fourth-order valence-electron chi connectivity index (χ4n) is 3.56. The molecule has 0 aliphatic carbocycles. The number of hydrogen-bond donors (Lipinski definition) is 2. The van der Waals surface area contributed by atoms with Gasteiger partial charge >= 0.3 is 6.03 Å². The fraction of sp³-hybridized carbons (Fsp3) is 0.333. The third kappa shape index (κ3) is 4.58. The Hall–Kier alpha value is -3.02. The molecule has 1 aliphatic rings. The van der Waals surface area contributed by atoms with Crippen molar-refractivity contribution in [3.63, 3.8) is 0 Å². The maximum Gasteiger partial charge on any atom is 0.316 e. The summed E-state index contributed by atoms with van der Waals surface area (Å²) in [5.41, 5.74) is 7.35. The van der Waals surface area contributed by atoms with E-state index in [4.69, 9.17) is 10.5 Å². The van der Waals surface area contributed by atoms with E-state index in [1.807, 2.05) is 29.2 Å². The van der Waals surface area contributed by atoms with Gasteiger partial charge in [0.15, 0.2) is 0 Å². The molecule has 1 heterocycles. The summed E-state index contributed by atoms with van der Waals surface area (Å²) in [4.78, 5) is 26.3. The Balaban J connectivity index is 1.88. The van der Waals surface area contributed by atoms with Gasteiger partial charge in [0.25, 0.3) is 5.91 Å². The van der Waals surface area contributed by atoms with Gasteiger partial charge in [-0.15, -0.1) is 0 Å². The molecular formula is C21H25N3O3. The maximum absolute atomic E-state index is 13.3. The third-order valence-electron chi connectivity index (χ3n) is 4.89. The highest BCUT2D eigenvalue weighted by atomic mass is 16.5. The van der Waals surface area contributed by atoms with Crippen LogP contribution in [0.1, 0.15) is 47.6 Å². The monoisotopic (exact) mass is 367 g/mol. The summed E-state index contributed by atoms with van der Waals surface area (Å²) < 4.78 is 5.24. The number of nitrogens with one attached hydrogen (secondary N) is 1. The van der Waals surface area contributed by atoms with Crippen LogP contribution in [0.3, 0.4) is 0 Å². The number of carbonyl (C=O) groups excluding carboxylic acids is 2. The number of hydrogen-bond acceptors (Lipinski definition) is 3. The minimum absolute atomic E-state index is 0.0265. The molecule has 3 amide bonds. The molecule has 142 valence electrons. The largest absolute Gasteiger partial charge is 0.497 e. The molecule has 1 atom stereocenters. The van der Waals surface area contributed by atoms with E-state index in [0.29, 0.717) is 17.8 Å². The van der Waals surface area contributed by atoms with Crippen LogP contribution in [-0.2, 0) is 0 Å². The second kappa shape index (κ2) is 8.58. The van der Waals surface area contributed by atoms with E-state index in [9.17, 15) is 9.59 Å². The van der Waals surface area contributed by atoms with Crippen LogP contribution in [0.15, 0.2) is 48.5 Å². The number of benzene rings is 2. The van der Waals surface area contributed by atoms with E-state index in [0.717, 1.165) is 37.0 Å². The molecule has 0 bridgehead atoms. The lowest BCUT2D eigenvalue weighted by Gasteiger charge is -2.31. The molecular weight excluding hydrogens is 342 g/mol. The predicted molar refractivity (Wildman–Crippen MR) is 105 cm³/mol. The third-order valence-corrected chi connectivity index (χ3v) is 4.89. The van der Waals surface area contributed by atoms with Gasteiger partial charge in [-0.1, -0.05) is 31.0 Å². The maximum atomic E-state index is 13.3. The molecule has 0 aromatic heterocycles. The van der Waals surface area contributed by atoms with E-state index >= 15 is 0 Å². The smallest absolute Gasteiger partial charge is 0.316 e. The van der Waals surface area contributed by atoms with E-state index < -0.39 is 6.03 Å². The van der Waals surface area contributed by atoms with Crippen LogP contribution in [-0.4, -0.2) is 30.5 Å². The van der Waals surface area contributed by atoms with Crippen LogP contribution in [0.4, 0.5) is 10.5 Å². The highest BCUT2D eigenvalue weighted by molar-refractivity contribution is 5.97. The SMILES string of the molecule is COc1ccc([C@@H]2CCCCCN2C(=O)c2cccc(NC(N)=O)c2)cc1. The number of ether oxygens (including phenoxy) is 1. The highest BCUT2D eigenvalue weighted by Gasteiger charge is 2.27. The Morgan fingerprint density at radius 2 is 1.89 bits per heavy atom. The Morgan fingerprint density at radius 3 is 2.59 bits per heavy atom. The molecule has 0 spiro atoms. The first-order valence-corrected chi connectivity index (χ1v) is 9.20. The van der Waals surface area contributed by atoms with Gasteiger partial charge in [0.1, 0.15) is 5.75 Å². The van der Waals surface area contributed by atoms with Crippen molar-refractivity contribution in [3.8, 4) is 5.75 Å². The zero-order chi connectivity index (χ0) is 19.2. The van der Waals surface area contributed by atoms with Crippen molar-refractivity contribution in [2.75, 3.05) is 19.0 Å². The van der Waals surface area contributed by atoms with Crippen molar-refractivity contribution in [3.05, 3.63) is 59.7 Å². The van der Waals surface area contributed by atoms with Crippen LogP contribution in [0, 0.1) is 0 Å². The van der Waals surface area contributed by atoms with E-state index in [-0.39, 0.29) is 11.9 Å². The first kappa shape index (κ1) is 18.8. The van der Waals surface area contributed by atoms with Gasteiger partial charge in [0.05, 0.1) is 13.2 Å². The Kier molecular flexibility index (Phi) is 5.96. The molecule has 27 heavy (non-hydrogen) atoms. The fourth-order valence-corrected chi connectivity index (χ4v) is 3.56. The van der Waals surface area contributed by atoms with Crippen molar-refractivity contribution >= 4 is 17.6 Å².